The molecule has 0 aromatic carbocycles. The largest absolute Gasteiger partial charge is 0.358 e. The van der Waals surface area contributed by atoms with Crippen LogP contribution in [0.3, 0.4) is 0 Å². The third kappa shape index (κ3) is 2.30. The minimum Gasteiger partial charge on any atom is -0.358 e. The Morgan fingerprint density at radius 3 is 2.86 bits per heavy atom. The van der Waals surface area contributed by atoms with Gasteiger partial charge in [-0.1, -0.05) is 0 Å². The summed E-state index contributed by atoms with van der Waals surface area (Å²) in [6, 6.07) is 2.58. The molecule has 0 aliphatic rings. The summed E-state index contributed by atoms with van der Waals surface area (Å²) < 4.78 is 0. The van der Waals surface area contributed by atoms with Gasteiger partial charge >= 0.3 is 5.82 Å². The number of nitrogens with zero attached hydrogens (tertiary/aromatic N) is 1. The SMILES string of the molecule is NCCNC(=O)c1ccc([N+](=O)[O-])[nH]1. The number of rotatable bonds is 4. The molecule has 7 nitrogen and oxygen atoms in total. The first kappa shape index (κ1) is 10.2. The molecule has 7 heteroatoms. The van der Waals surface area contributed by atoms with Gasteiger partial charge in [0.1, 0.15) is 0 Å². The van der Waals surface area contributed by atoms with Crippen LogP contribution in [0.4, 0.5) is 5.82 Å². The molecule has 1 heterocycles. The van der Waals surface area contributed by atoms with Crippen molar-refractivity contribution in [3.05, 3.63) is 27.9 Å². The van der Waals surface area contributed by atoms with Crippen LogP contribution < -0.4 is 11.1 Å². The summed E-state index contributed by atoms with van der Waals surface area (Å²) in [5, 5.41) is 12.8. The first-order chi connectivity index (χ1) is 6.65. The van der Waals surface area contributed by atoms with Crippen molar-refractivity contribution in [2.45, 2.75) is 0 Å². The summed E-state index contributed by atoms with van der Waals surface area (Å²) in [5.41, 5.74) is 5.33. The lowest BCUT2D eigenvalue weighted by Crippen LogP contribution is -2.29. The van der Waals surface area contributed by atoms with Gasteiger partial charge in [0.15, 0.2) is 5.69 Å². The fourth-order valence-electron chi connectivity index (χ4n) is 0.903. The van der Waals surface area contributed by atoms with Crippen molar-refractivity contribution in [2.75, 3.05) is 13.1 Å². The van der Waals surface area contributed by atoms with E-state index in [1.165, 1.54) is 12.1 Å². The molecule has 1 rings (SSSR count). The van der Waals surface area contributed by atoms with Gasteiger partial charge in [-0.3, -0.25) is 4.79 Å². The molecule has 0 unspecified atom stereocenters. The van der Waals surface area contributed by atoms with Crippen LogP contribution in [-0.4, -0.2) is 28.9 Å². The Labute approximate surface area is 79.4 Å². The summed E-state index contributed by atoms with van der Waals surface area (Å²) in [7, 11) is 0. The Bertz CT molecular complexity index is 346. The highest BCUT2D eigenvalue weighted by atomic mass is 16.6. The number of aromatic amines is 1. The maximum absolute atomic E-state index is 11.2. The van der Waals surface area contributed by atoms with Gasteiger partial charge in [0, 0.05) is 19.2 Å². The number of amides is 1. The summed E-state index contributed by atoms with van der Waals surface area (Å²) in [4.78, 5) is 23.3. The highest BCUT2D eigenvalue weighted by Gasteiger charge is 2.14. The van der Waals surface area contributed by atoms with E-state index in [0.717, 1.165) is 0 Å². The van der Waals surface area contributed by atoms with Gasteiger partial charge < -0.3 is 21.2 Å². The molecule has 0 spiro atoms. The molecular weight excluding hydrogens is 188 g/mol. The zero-order chi connectivity index (χ0) is 10.6. The van der Waals surface area contributed by atoms with Crippen molar-refractivity contribution in [2.24, 2.45) is 5.73 Å². The minimum absolute atomic E-state index is 0.158. The molecule has 0 saturated heterocycles. The first-order valence-corrected chi connectivity index (χ1v) is 3.97. The van der Waals surface area contributed by atoms with E-state index in [-0.39, 0.29) is 11.5 Å². The third-order valence-corrected chi connectivity index (χ3v) is 1.54. The number of carbonyl (C=O) groups is 1. The summed E-state index contributed by atoms with van der Waals surface area (Å²) in [5.74, 6) is -0.605. The van der Waals surface area contributed by atoms with Crippen molar-refractivity contribution in [3.63, 3.8) is 0 Å². The van der Waals surface area contributed by atoms with Crippen molar-refractivity contribution in [1.29, 1.82) is 0 Å². The molecule has 0 saturated carbocycles. The normalized spacial score (nSPS) is 9.79. The van der Waals surface area contributed by atoms with E-state index in [9.17, 15) is 14.9 Å². The Kier molecular flexibility index (Phi) is 3.19. The summed E-state index contributed by atoms with van der Waals surface area (Å²) in [6.07, 6.45) is 0. The second kappa shape index (κ2) is 4.38. The highest BCUT2D eigenvalue weighted by molar-refractivity contribution is 5.92. The second-order valence-corrected chi connectivity index (χ2v) is 2.56. The number of hydrogen-bond donors (Lipinski definition) is 3. The van der Waals surface area contributed by atoms with Crippen LogP contribution in [0.2, 0.25) is 0 Å². The molecule has 4 N–H and O–H groups in total. The standard InChI is InChI=1S/C7H10N4O3/c8-3-4-9-7(12)5-1-2-6(10-5)11(13)14/h1-2,10H,3-4,8H2,(H,9,12). The number of nitrogens with one attached hydrogen (secondary N) is 2. The molecule has 0 radical (unpaired) electrons. The monoisotopic (exact) mass is 198 g/mol. The smallest absolute Gasteiger partial charge is 0.321 e. The molecule has 0 atom stereocenters. The first-order valence-electron chi connectivity index (χ1n) is 3.97. The van der Waals surface area contributed by atoms with Crippen LogP contribution in [0.25, 0.3) is 0 Å². The van der Waals surface area contributed by atoms with Crippen molar-refractivity contribution < 1.29 is 9.72 Å². The average molecular weight is 198 g/mol. The van der Waals surface area contributed by atoms with E-state index in [4.69, 9.17) is 5.73 Å². The van der Waals surface area contributed by atoms with Crippen molar-refractivity contribution in [1.82, 2.24) is 10.3 Å². The Morgan fingerprint density at radius 1 is 1.64 bits per heavy atom. The van der Waals surface area contributed by atoms with Crippen LogP contribution in [0.5, 0.6) is 0 Å². The van der Waals surface area contributed by atoms with Crippen LogP contribution in [-0.2, 0) is 0 Å². The van der Waals surface area contributed by atoms with Crippen LogP contribution in [0.1, 0.15) is 10.5 Å². The topological polar surface area (TPSA) is 114 Å². The van der Waals surface area contributed by atoms with Gasteiger partial charge in [-0.25, -0.2) is 4.98 Å². The van der Waals surface area contributed by atoms with Crippen molar-refractivity contribution in [3.8, 4) is 0 Å². The number of H-pyrrole nitrogens is 1. The molecule has 0 fully saturated rings. The Hall–Kier alpha value is -1.89. The molecule has 0 aliphatic carbocycles. The fraction of sp³-hybridized carbons (Fsp3) is 0.286. The number of carbonyl (C=O) groups excluding carboxylic acids is 1. The number of hydrogen-bond acceptors (Lipinski definition) is 4. The quantitative estimate of drug-likeness (QED) is 0.451. The van der Waals surface area contributed by atoms with Gasteiger partial charge in [-0.15, -0.1) is 0 Å². The minimum atomic E-state index is -0.598. The van der Waals surface area contributed by atoms with Gasteiger partial charge in [0.25, 0.3) is 5.91 Å². The average Bonchev–Trinajstić information content (AvgIpc) is 2.62. The predicted molar refractivity (Wildman–Crippen MR) is 48.8 cm³/mol. The zero-order valence-electron chi connectivity index (χ0n) is 7.32. The second-order valence-electron chi connectivity index (χ2n) is 2.56. The van der Waals surface area contributed by atoms with E-state index in [1.807, 2.05) is 0 Å². The zero-order valence-corrected chi connectivity index (χ0v) is 7.32. The van der Waals surface area contributed by atoms with E-state index < -0.39 is 10.8 Å². The van der Waals surface area contributed by atoms with Crippen LogP contribution >= 0.6 is 0 Å². The van der Waals surface area contributed by atoms with Crippen LogP contribution in [0, 0.1) is 10.1 Å². The third-order valence-electron chi connectivity index (χ3n) is 1.54. The van der Waals surface area contributed by atoms with Gasteiger partial charge in [-0.05, 0) is 11.0 Å². The lowest BCUT2D eigenvalue weighted by molar-refractivity contribution is -0.389. The van der Waals surface area contributed by atoms with Crippen LogP contribution in [0.15, 0.2) is 12.1 Å². The fourth-order valence-corrected chi connectivity index (χ4v) is 0.903. The Morgan fingerprint density at radius 2 is 2.36 bits per heavy atom. The highest BCUT2D eigenvalue weighted by Crippen LogP contribution is 2.09. The van der Waals surface area contributed by atoms with Gasteiger partial charge in [0.05, 0.1) is 0 Å². The number of nitro groups is 1. The molecule has 1 aromatic heterocycles. The van der Waals surface area contributed by atoms with Crippen molar-refractivity contribution >= 4 is 11.7 Å². The predicted octanol–water partition coefficient (Wildman–Crippen LogP) is -0.389. The molecule has 1 amide bonds. The Balaban J connectivity index is 2.66. The van der Waals surface area contributed by atoms with E-state index in [2.05, 4.69) is 10.3 Å². The summed E-state index contributed by atoms with van der Waals surface area (Å²) in [6.45, 7) is 0.667. The molecular formula is C7H10N4O3. The molecule has 14 heavy (non-hydrogen) atoms. The number of nitrogens with two attached hydrogens (primary N) is 1. The molecule has 76 valence electrons. The summed E-state index contributed by atoms with van der Waals surface area (Å²) >= 11 is 0. The van der Waals surface area contributed by atoms with Gasteiger partial charge in [-0.2, -0.15) is 0 Å². The lowest BCUT2D eigenvalue weighted by Gasteiger charge is -1.97. The number of aromatic nitrogens is 1. The maximum Gasteiger partial charge on any atom is 0.321 e. The van der Waals surface area contributed by atoms with E-state index in [1.54, 1.807) is 0 Å². The van der Waals surface area contributed by atoms with Gasteiger partial charge in [0.2, 0.25) is 0 Å². The van der Waals surface area contributed by atoms with E-state index in [0.29, 0.717) is 13.1 Å². The molecule has 0 bridgehead atoms. The molecule has 1 aromatic rings. The molecule has 0 aliphatic heterocycles. The maximum atomic E-state index is 11.2. The lowest BCUT2D eigenvalue weighted by atomic mass is 10.4. The van der Waals surface area contributed by atoms with E-state index >= 15 is 0 Å².